The molecule has 3 aromatic rings. The molecule has 8 heteroatoms. The van der Waals surface area contributed by atoms with Gasteiger partial charge < -0.3 is 15.2 Å². The van der Waals surface area contributed by atoms with Crippen molar-refractivity contribution in [1.29, 1.82) is 0 Å². The molecule has 2 amide bonds. The number of aromatic amines is 1. The molecule has 1 saturated heterocycles. The molecular formula is C25H25ClN4O2S. The van der Waals surface area contributed by atoms with E-state index < -0.39 is 6.04 Å². The number of carbonyl (C=O) groups excluding carboxylic acids is 2. The number of rotatable bonds is 9. The van der Waals surface area contributed by atoms with Gasteiger partial charge in [0.15, 0.2) is 5.11 Å². The number of aromatic nitrogens is 1. The molecule has 1 aromatic heterocycles. The lowest BCUT2D eigenvalue weighted by molar-refractivity contribution is -0.130. The number of hydrogen-bond acceptors (Lipinski definition) is 3. The zero-order valence-electron chi connectivity index (χ0n) is 18.1. The van der Waals surface area contributed by atoms with Crippen molar-refractivity contribution in [3.8, 4) is 0 Å². The molecule has 33 heavy (non-hydrogen) atoms. The van der Waals surface area contributed by atoms with Gasteiger partial charge in [-0.2, -0.15) is 0 Å². The quantitative estimate of drug-likeness (QED) is 0.342. The van der Waals surface area contributed by atoms with Crippen molar-refractivity contribution >= 4 is 57.3 Å². The first-order valence-corrected chi connectivity index (χ1v) is 11.6. The lowest BCUT2D eigenvalue weighted by Crippen LogP contribution is -2.39. The third kappa shape index (κ3) is 5.26. The van der Waals surface area contributed by atoms with Crippen LogP contribution in [0.3, 0.4) is 0 Å². The SMILES string of the molecule is C=CCCN1C(=O)C(CC(=O)Nc2ccc3cc[nH]c3c2)N(CCc2ccc(Cl)cc2)C1=S. The maximum atomic E-state index is 13.2. The van der Waals surface area contributed by atoms with Gasteiger partial charge in [0.1, 0.15) is 6.04 Å². The lowest BCUT2D eigenvalue weighted by atomic mass is 10.1. The predicted molar refractivity (Wildman–Crippen MR) is 136 cm³/mol. The average Bonchev–Trinajstić information content (AvgIpc) is 3.35. The van der Waals surface area contributed by atoms with Crippen molar-refractivity contribution in [3.05, 3.63) is 78.0 Å². The second-order valence-electron chi connectivity index (χ2n) is 7.97. The number of H-pyrrole nitrogens is 1. The average molecular weight is 481 g/mol. The van der Waals surface area contributed by atoms with E-state index in [4.69, 9.17) is 23.8 Å². The van der Waals surface area contributed by atoms with Gasteiger partial charge in [0.05, 0.1) is 6.42 Å². The Bertz CT molecular complexity index is 1190. The highest BCUT2D eigenvalue weighted by atomic mass is 35.5. The summed E-state index contributed by atoms with van der Waals surface area (Å²) in [5.74, 6) is -0.378. The summed E-state index contributed by atoms with van der Waals surface area (Å²) in [5.41, 5.74) is 2.70. The molecule has 0 aliphatic carbocycles. The Morgan fingerprint density at radius 3 is 2.73 bits per heavy atom. The van der Waals surface area contributed by atoms with Crippen molar-refractivity contribution < 1.29 is 9.59 Å². The topological polar surface area (TPSA) is 68.4 Å². The number of amides is 2. The molecule has 2 aromatic carbocycles. The fraction of sp³-hybridized carbons (Fsp3) is 0.240. The third-order valence-electron chi connectivity index (χ3n) is 5.73. The molecule has 0 bridgehead atoms. The van der Waals surface area contributed by atoms with Crippen LogP contribution in [0.2, 0.25) is 5.02 Å². The molecule has 1 aliphatic rings. The zero-order valence-corrected chi connectivity index (χ0v) is 19.7. The summed E-state index contributed by atoms with van der Waals surface area (Å²) in [7, 11) is 0. The van der Waals surface area contributed by atoms with Gasteiger partial charge in [0.2, 0.25) is 5.91 Å². The first kappa shape index (κ1) is 23.0. The summed E-state index contributed by atoms with van der Waals surface area (Å²) in [4.78, 5) is 32.6. The van der Waals surface area contributed by atoms with Gasteiger partial charge in [-0.15, -0.1) is 6.58 Å². The largest absolute Gasteiger partial charge is 0.361 e. The predicted octanol–water partition coefficient (Wildman–Crippen LogP) is 4.77. The van der Waals surface area contributed by atoms with Crippen molar-refractivity contribution in [1.82, 2.24) is 14.8 Å². The molecule has 4 rings (SSSR count). The fourth-order valence-corrected chi connectivity index (χ4v) is 4.51. The molecule has 0 saturated carbocycles. The Labute approximate surface area is 203 Å². The normalized spacial score (nSPS) is 16.0. The van der Waals surface area contributed by atoms with Gasteiger partial charge in [0.25, 0.3) is 5.91 Å². The molecule has 170 valence electrons. The second-order valence-corrected chi connectivity index (χ2v) is 8.77. The number of anilines is 1. The first-order valence-electron chi connectivity index (χ1n) is 10.8. The molecule has 2 heterocycles. The third-order valence-corrected chi connectivity index (χ3v) is 6.44. The van der Waals surface area contributed by atoms with Crippen molar-refractivity contribution in [3.63, 3.8) is 0 Å². The highest BCUT2D eigenvalue weighted by molar-refractivity contribution is 7.80. The summed E-state index contributed by atoms with van der Waals surface area (Å²) in [6.45, 7) is 4.72. The van der Waals surface area contributed by atoms with Crippen LogP contribution in [0.5, 0.6) is 0 Å². The number of thiocarbonyl (C=S) groups is 1. The monoisotopic (exact) mass is 480 g/mol. The Kier molecular flexibility index (Phi) is 7.11. The zero-order chi connectivity index (χ0) is 23.4. The molecular weight excluding hydrogens is 456 g/mol. The van der Waals surface area contributed by atoms with E-state index in [1.807, 2.05) is 59.6 Å². The minimum atomic E-state index is -0.635. The maximum absolute atomic E-state index is 13.2. The Balaban J connectivity index is 1.47. The summed E-state index contributed by atoms with van der Waals surface area (Å²) >= 11 is 11.6. The molecule has 0 radical (unpaired) electrons. The Morgan fingerprint density at radius 2 is 1.97 bits per heavy atom. The number of nitrogens with one attached hydrogen (secondary N) is 2. The van der Waals surface area contributed by atoms with Crippen LogP contribution in [-0.4, -0.2) is 50.8 Å². The highest BCUT2D eigenvalue weighted by Crippen LogP contribution is 2.24. The van der Waals surface area contributed by atoms with Crippen LogP contribution in [0.1, 0.15) is 18.4 Å². The number of benzene rings is 2. The molecule has 1 atom stereocenters. The summed E-state index contributed by atoms with van der Waals surface area (Å²) in [6.07, 6.45) is 4.94. The molecule has 1 unspecified atom stereocenters. The van der Waals surface area contributed by atoms with Crippen molar-refractivity contribution in [2.75, 3.05) is 18.4 Å². The number of nitrogens with zero attached hydrogens (tertiary/aromatic N) is 2. The number of fused-ring (bicyclic) bond motifs is 1. The first-order chi connectivity index (χ1) is 16.0. The van der Waals surface area contributed by atoms with Crippen LogP contribution >= 0.6 is 23.8 Å². The minimum absolute atomic E-state index is 0.0208. The van der Waals surface area contributed by atoms with Gasteiger partial charge in [-0.1, -0.05) is 35.9 Å². The van der Waals surface area contributed by atoms with E-state index in [1.54, 1.807) is 11.0 Å². The van der Waals surface area contributed by atoms with E-state index in [0.29, 0.717) is 41.8 Å². The van der Waals surface area contributed by atoms with E-state index in [-0.39, 0.29) is 18.2 Å². The Morgan fingerprint density at radius 1 is 1.18 bits per heavy atom. The van der Waals surface area contributed by atoms with E-state index in [1.165, 1.54) is 0 Å². The summed E-state index contributed by atoms with van der Waals surface area (Å²) in [5, 5.41) is 5.11. The van der Waals surface area contributed by atoms with Crippen molar-refractivity contribution in [2.45, 2.75) is 25.3 Å². The molecule has 2 N–H and O–H groups in total. The Hall–Kier alpha value is -3.16. The molecule has 1 aliphatic heterocycles. The van der Waals surface area contributed by atoms with Crippen LogP contribution < -0.4 is 5.32 Å². The van der Waals surface area contributed by atoms with E-state index >= 15 is 0 Å². The van der Waals surface area contributed by atoms with Crippen LogP contribution in [-0.2, 0) is 16.0 Å². The van der Waals surface area contributed by atoms with Crippen LogP contribution in [0.4, 0.5) is 5.69 Å². The molecule has 1 fully saturated rings. The number of carbonyl (C=O) groups is 2. The van der Waals surface area contributed by atoms with E-state index in [9.17, 15) is 9.59 Å². The van der Waals surface area contributed by atoms with E-state index in [2.05, 4.69) is 16.9 Å². The standard InChI is InChI=1S/C25H25ClN4O2S/c1-2-3-13-30-24(32)22(29(25(30)33)14-11-17-4-7-19(26)8-5-17)16-23(31)28-20-9-6-18-10-12-27-21(18)15-20/h2,4-10,12,15,22,27H,1,3,11,13-14,16H2,(H,28,31). The van der Waals surface area contributed by atoms with Crippen LogP contribution in [0, 0.1) is 0 Å². The van der Waals surface area contributed by atoms with Gasteiger partial charge in [-0.05, 0) is 66.3 Å². The fourth-order valence-electron chi connectivity index (χ4n) is 3.98. The van der Waals surface area contributed by atoms with Gasteiger partial charge in [-0.25, -0.2) is 0 Å². The minimum Gasteiger partial charge on any atom is -0.361 e. The summed E-state index contributed by atoms with van der Waals surface area (Å²) in [6, 6.07) is 14.6. The van der Waals surface area contributed by atoms with Gasteiger partial charge in [-0.3, -0.25) is 14.5 Å². The highest BCUT2D eigenvalue weighted by Gasteiger charge is 2.42. The van der Waals surface area contributed by atoms with Gasteiger partial charge >= 0.3 is 0 Å². The van der Waals surface area contributed by atoms with Gasteiger partial charge in [0, 0.05) is 35.5 Å². The van der Waals surface area contributed by atoms with Crippen molar-refractivity contribution in [2.24, 2.45) is 0 Å². The lowest BCUT2D eigenvalue weighted by Gasteiger charge is -2.24. The maximum Gasteiger partial charge on any atom is 0.252 e. The molecule has 6 nitrogen and oxygen atoms in total. The van der Waals surface area contributed by atoms with E-state index in [0.717, 1.165) is 16.5 Å². The van der Waals surface area contributed by atoms with Crippen LogP contribution in [0.25, 0.3) is 10.9 Å². The molecule has 0 spiro atoms. The number of halogens is 1. The smallest absolute Gasteiger partial charge is 0.252 e. The summed E-state index contributed by atoms with van der Waals surface area (Å²) < 4.78 is 0. The second kappa shape index (κ2) is 10.2. The number of hydrogen-bond donors (Lipinski definition) is 2. The van der Waals surface area contributed by atoms with Crippen LogP contribution in [0.15, 0.2) is 67.4 Å².